The van der Waals surface area contributed by atoms with Crippen molar-refractivity contribution in [3.63, 3.8) is 0 Å². The van der Waals surface area contributed by atoms with Crippen LogP contribution in [0.2, 0.25) is 0 Å². The Labute approximate surface area is 142 Å². The molecule has 0 atom stereocenters. The van der Waals surface area contributed by atoms with Crippen molar-refractivity contribution in [2.75, 3.05) is 7.11 Å². The molecule has 0 bridgehead atoms. The van der Waals surface area contributed by atoms with Crippen molar-refractivity contribution < 1.29 is 14.9 Å². The zero-order valence-electron chi connectivity index (χ0n) is 13.5. The molecular weight excluding hydrogens is 326 g/mol. The number of nitro groups is 1. The number of benzene rings is 2. The van der Waals surface area contributed by atoms with Gasteiger partial charge >= 0.3 is 5.82 Å². The average Bonchev–Trinajstić information content (AvgIpc) is 2.93. The first kappa shape index (κ1) is 16.2. The fourth-order valence-corrected chi connectivity index (χ4v) is 2.35. The smallest absolute Gasteiger partial charge is 0.438 e. The van der Waals surface area contributed by atoms with Gasteiger partial charge in [-0.3, -0.25) is 0 Å². The van der Waals surface area contributed by atoms with Crippen LogP contribution in [0.15, 0.2) is 53.5 Å². The van der Waals surface area contributed by atoms with E-state index in [9.17, 15) is 15.3 Å². The zero-order valence-corrected chi connectivity index (χ0v) is 13.5. The van der Waals surface area contributed by atoms with Crippen molar-refractivity contribution >= 4 is 11.5 Å². The van der Waals surface area contributed by atoms with Crippen molar-refractivity contribution in [1.82, 2.24) is 14.7 Å². The van der Waals surface area contributed by atoms with Gasteiger partial charge in [0.1, 0.15) is 17.1 Å². The Morgan fingerprint density at radius 2 is 1.88 bits per heavy atom. The molecule has 1 heterocycles. The standard InChI is InChI=1S/C16H15N5O4/c1-11-7-3-5-9-13(11)19-18-16(21(23)24)15(20(19)22)17-12-8-4-6-10-14(12)25-2/h3-10,22H,1-2H3. The monoisotopic (exact) mass is 341 g/mol. The number of hydrogen-bond donors (Lipinski definition) is 1. The van der Waals surface area contributed by atoms with Crippen LogP contribution in [0.5, 0.6) is 5.75 Å². The van der Waals surface area contributed by atoms with E-state index in [4.69, 9.17) is 4.74 Å². The molecule has 2 aromatic carbocycles. The Morgan fingerprint density at radius 3 is 2.56 bits per heavy atom. The molecular formula is C16H15N5O4. The van der Waals surface area contributed by atoms with Crippen LogP contribution in [0.25, 0.3) is 5.69 Å². The Hall–Kier alpha value is -3.62. The van der Waals surface area contributed by atoms with Gasteiger partial charge in [-0.2, -0.15) is 0 Å². The maximum atomic E-state index is 11.4. The molecule has 128 valence electrons. The van der Waals surface area contributed by atoms with Gasteiger partial charge in [0, 0.05) is 0 Å². The summed E-state index contributed by atoms with van der Waals surface area (Å²) in [5, 5.41) is 25.7. The molecule has 25 heavy (non-hydrogen) atoms. The molecule has 0 fully saturated rings. The topological polar surface area (TPSA) is 108 Å². The summed E-state index contributed by atoms with van der Waals surface area (Å²) >= 11 is 0. The van der Waals surface area contributed by atoms with Crippen LogP contribution in [0.4, 0.5) is 11.5 Å². The van der Waals surface area contributed by atoms with Crippen molar-refractivity contribution in [2.45, 2.75) is 6.92 Å². The van der Waals surface area contributed by atoms with Gasteiger partial charge in [0.05, 0.1) is 12.2 Å². The fraction of sp³-hybridized carbons (Fsp3) is 0.125. The van der Waals surface area contributed by atoms with Gasteiger partial charge in [-0.15, -0.1) is 0 Å². The lowest BCUT2D eigenvalue weighted by Crippen LogP contribution is -2.22. The quantitative estimate of drug-likeness (QED) is 0.445. The molecule has 1 N–H and O–H groups in total. The van der Waals surface area contributed by atoms with Crippen LogP contribution in [0, 0.1) is 17.0 Å². The van der Waals surface area contributed by atoms with Crippen molar-refractivity contribution in [1.29, 1.82) is 0 Å². The molecule has 0 amide bonds. The second kappa shape index (κ2) is 6.48. The minimum atomic E-state index is -0.699. The number of aromatic nitrogens is 3. The molecule has 0 unspecified atom stereocenters. The summed E-state index contributed by atoms with van der Waals surface area (Å²) in [5.41, 5.74) is 1.30. The van der Waals surface area contributed by atoms with E-state index in [0.29, 0.717) is 22.0 Å². The molecule has 0 saturated heterocycles. The molecule has 1 aromatic heterocycles. The maximum absolute atomic E-state index is 11.4. The van der Waals surface area contributed by atoms with Gasteiger partial charge in [0.2, 0.25) is 0 Å². The molecule has 3 aromatic rings. The SMILES string of the molecule is COc1ccccc1N=c1c([N+](=O)[O-])nn(-c2ccccc2C)n1O. The number of hydrogen-bond acceptors (Lipinski definition) is 6. The fourth-order valence-electron chi connectivity index (χ4n) is 2.35. The van der Waals surface area contributed by atoms with E-state index in [1.54, 1.807) is 49.4 Å². The van der Waals surface area contributed by atoms with E-state index in [1.807, 2.05) is 6.07 Å². The predicted octanol–water partition coefficient (Wildman–Crippen LogP) is 2.37. The molecule has 0 aliphatic rings. The summed E-state index contributed by atoms with van der Waals surface area (Å²) in [6.07, 6.45) is 0. The molecule has 9 heteroatoms. The second-order valence-corrected chi connectivity index (χ2v) is 5.15. The molecule has 9 nitrogen and oxygen atoms in total. The number of para-hydroxylation sites is 3. The highest BCUT2D eigenvalue weighted by Gasteiger charge is 2.25. The van der Waals surface area contributed by atoms with Crippen molar-refractivity contribution in [3.8, 4) is 11.4 Å². The van der Waals surface area contributed by atoms with E-state index in [1.165, 1.54) is 7.11 Å². The first-order valence-electron chi connectivity index (χ1n) is 7.32. The number of aryl methyl sites for hydroxylation is 1. The number of rotatable bonds is 4. The molecule has 0 aliphatic heterocycles. The van der Waals surface area contributed by atoms with Gasteiger partial charge in [0.25, 0.3) is 5.49 Å². The summed E-state index contributed by atoms with van der Waals surface area (Å²) in [6.45, 7) is 1.81. The number of nitrogens with zero attached hydrogens (tertiary/aromatic N) is 5. The van der Waals surface area contributed by atoms with Crippen molar-refractivity contribution in [3.05, 3.63) is 69.7 Å². The van der Waals surface area contributed by atoms with Gasteiger partial charge in [-0.05, 0) is 40.4 Å². The first-order chi connectivity index (χ1) is 12.0. The summed E-state index contributed by atoms with van der Waals surface area (Å²) in [5.74, 6) is -0.155. The van der Waals surface area contributed by atoms with Crippen LogP contribution in [-0.4, -0.2) is 32.0 Å². The third-order valence-corrected chi connectivity index (χ3v) is 3.57. The normalized spacial score (nSPS) is 11.5. The second-order valence-electron chi connectivity index (χ2n) is 5.15. The van der Waals surface area contributed by atoms with Gasteiger partial charge in [-0.1, -0.05) is 35.2 Å². The summed E-state index contributed by atoms with van der Waals surface area (Å²) < 4.78 is 5.19. The van der Waals surface area contributed by atoms with Crippen LogP contribution in [-0.2, 0) is 0 Å². The summed E-state index contributed by atoms with van der Waals surface area (Å²) in [7, 11) is 1.46. The van der Waals surface area contributed by atoms with E-state index < -0.39 is 10.7 Å². The van der Waals surface area contributed by atoms with Gasteiger partial charge in [0.15, 0.2) is 0 Å². The number of methoxy groups -OCH3 is 1. The molecule has 0 saturated carbocycles. The molecule has 0 aliphatic carbocycles. The highest BCUT2D eigenvalue weighted by atomic mass is 16.6. The lowest BCUT2D eigenvalue weighted by atomic mass is 10.2. The van der Waals surface area contributed by atoms with Crippen LogP contribution >= 0.6 is 0 Å². The van der Waals surface area contributed by atoms with Crippen LogP contribution < -0.4 is 10.2 Å². The largest absolute Gasteiger partial charge is 0.494 e. The van der Waals surface area contributed by atoms with E-state index in [0.717, 1.165) is 10.4 Å². The minimum absolute atomic E-state index is 0.308. The van der Waals surface area contributed by atoms with Crippen LogP contribution in [0.1, 0.15) is 5.56 Å². The van der Waals surface area contributed by atoms with Crippen LogP contribution in [0.3, 0.4) is 0 Å². The summed E-state index contributed by atoms with van der Waals surface area (Å²) in [4.78, 5) is 16.4. The van der Waals surface area contributed by atoms with Crippen molar-refractivity contribution in [2.24, 2.45) is 4.99 Å². The van der Waals surface area contributed by atoms with Gasteiger partial charge < -0.3 is 20.1 Å². The lowest BCUT2D eigenvalue weighted by Gasteiger charge is -2.04. The van der Waals surface area contributed by atoms with Gasteiger partial charge in [-0.25, -0.2) is 4.99 Å². The number of ether oxygens (including phenoxy) is 1. The molecule has 0 radical (unpaired) electrons. The Balaban J connectivity index is 2.29. The van der Waals surface area contributed by atoms with E-state index in [-0.39, 0.29) is 5.49 Å². The minimum Gasteiger partial charge on any atom is -0.494 e. The predicted molar refractivity (Wildman–Crippen MR) is 88.3 cm³/mol. The zero-order chi connectivity index (χ0) is 18.0. The third-order valence-electron chi connectivity index (χ3n) is 3.57. The Bertz CT molecular complexity index is 1010. The Kier molecular flexibility index (Phi) is 4.21. The highest BCUT2D eigenvalue weighted by Crippen LogP contribution is 2.26. The van der Waals surface area contributed by atoms with E-state index >= 15 is 0 Å². The Morgan fingerprint density at radius 1 is 1.20 bits per heavy atom. The highest BCUT2D eigenvalue weighted by molar-refractivity contribution is 5.51. The summed E-state index contributed by atoms with van der Waals surface area (Å²) in [6, 6.07) is 13.8. The third kappa shape index (κ3) is 2.94. The van der Waals surface area contributed by atoms with E-state index in [2.05, 4.69) is 10.1 Å². The molecule has 3 rings (SSSR count). The average molecular weight is 341 g/mol. The maximum Gasteiger partial charge on any atom is 0.438 e. The molecule has 0 spiro atoms. The first-order valence-corrected chi connectivity index (χ1v) is 7.32. The lowest BCUT2D eigenvalue weighted by molar-refractivity contribution is -0.391.